The summed E-state index contributed by atoms with van der Waals surface area (Å²) in [5, 5.41) is 0. The van der Waals surface area contributed by atoms with Crippen molar-refractivity contribution >= 4 is 5.91 Å². The van der Waals surface area contributed by atoms with E-state index in [4.69, 9.17) is 0 Å². The molecule has 130 valence electrons. The molecule has 0 N–H and O–H groups in total. The molecule has 0 saturated carbocycles. The van der Waals surface area contributed by atoms with Gasteiger partial charge in [0, 0.05) is 19.2 Å². The smallest absolute Gasteiger partial charge is 0.246 e. The topological polar surface area (TPSA) is 20.3 Å². The molecule has 1 aliphatic heterocycles. The molecule has 0 aromatic carbocycles. The molecule has 2 nitrogen and oxygen atoms in total. The molecule has 1 fully saturated rings. The maximum atomic E-state index is 11.9. The number of piperidine rings is 1. The predicted molar refractivity (Wildman–Crippen MR) is 100 cm³/mol. The second kappa shape index (κ2) is 14.3. The first-order valence-electron chi connectivity index (χ1n) is 9.61. The largest absolute Gasteiger partial charge is 0.339 e. The van der Waals surface area contributed by atoms with E-state index in [1.807, 2.05) is 17.1 Å². The van der Waals surface area contributed by atoms with Gasteiger partial charge in [-0.1, -0.05) is 50.1 Å². The highest BCUT2D eigenvalue weighted by Gasteiger charge is 2.12. The molecule has 0 unspecified atom stereocenters. The van der Waals surface area contributed by atoms with Crippen molar-refractivity contribution in [3.63, 3.8) is 0 Å². The van der Waals surface area contributed by atoms with Crippen LogP contribution in [0, 0.1) is 0 Å². The molecule has 0 atom stereocenters. The summed E-state index contributed by atoms with van der Waals surface area (Å²) in [5.41, 5.74) is 0. The Morgan fingerprint density at radius 3 is 2.09 bits per heavy atom. The second-order valence-electron chi connectivity index (χ2n) is 6.42. The van der Waals surface area contributed by atoms with Crippen molar-refractivity contribution in [2.45, 2.75) is 77.6 Å². The predicted octanol–water partition coefficient (Wildman–Crippen LogP) is 5.81. The number of carbonyl (C=O) groups excluding carboxylic acids is 1. The van der Waals surface area contributed by atoms with Crippen LogP contribution in [0.4, 0.5) is 0 Å². The summed E-state index contributed by atoms with van der Waals surface area (Å²) in [7, 11) is 0. The summed E-state index contributed by atoms with van der Waals surface area (Å²) in [4.78, 5) is 13.9. The lowest BCUT2D eigenvalue weighted by molar-refractivity contribution is -0.126. The highest BCUT2D eigenvalue weighted by atomic mass is 16.2. The Bertz CT molecular complexity index is 375. The van der Waals surface area contributed by atoms with E-state index in [2.05, 4.69) is 25.2 Å². The monoisotopic (exact) mass is 317 g/mol. The lowest BCUT2D eigenvalue weighted by Crippen LogP contribution is -2.34. The van der Waals surface area contributed by atoms with Crippen LogP contribution in [0.25, 0.3) is 0 Å². The van der Waals surface area contributed by atoms with Crippen LogP contribution >= 0.6 is 0 Å². The van der Waals surface area contributed by atoms with E-state index in [1.54, 1.807) is 6.08 Å². The average molecular weight is 318 g/mol. The Balaban J connectivity index is 1.97. The van der Waals surface area contributed by atoms with Crippen LogP contribution in [0.1, 0.15) is 77.6 Å². The van der Waals surface area contributed by atoms with Gasteiger partial charge in [-0.25, -0.2) is 0 Å². The number of likely N-dealkylation sites (tertiary alicyclic amines) is 1. The molecule has 0 aliphatic carbocycles. The van der Waals surface area contributed by atoms with Crippen molar-refractivity contribution in [2.75, 3.05) is 13.1 Å². The third kappa shape index (κ3) is 11.0. The van der Waals surface area contributed by atoms with Gasteiger partial charge in [0.15, 0.2) is 0 Å². The zero-order chi connectivity index (χ0) is 16.6. The lowest BCUT2D eigenvalue weighted by atomic mass is 10.1. The third-order valence-electron chi connectivity index (χ3n) is 4.29. The lowest BCUT2D eigenvalue weighted by Gasteiger charge is -2.25. The van der Waals surface area contributed by atoms with Crippen LogP contribution in [0.2, 0.25) is 0 Å². The van der Waals surface area contributed by atoms with Crippen molar-refractivity contribution in [3.05, 3.63) is 36.5 Å². The Hall–Kier alpha value is -1.31. The molecule has 1 heterocycles. The SMILES string of the molecule is CCCCC/C=C/CCCC/C=C/C=C/C(=O)N1CCCCC1. The van der Waals surface area contributed by atoms with E-state index >= 15 is 0 Å². The van der Waals surface area contributed by atoms with Crippen LogP contribution in [0.5, 0.6) is 0 Å². The summed E-state index contributed by atoms with van der Waals surface area (Å²) in [6, 6.07) is 0. The van der Waals surface area contributed by atoms with E-state index < -0.39 is 0 Å². The first-order chi connectivity index (χ1) is 11.3. The maximum Gasteiger partial charge on any atom is 0.246 e. The highest BCUT2D eigenvalue weighted by molar-refractivity contribution is 5.87. The quantitative estimate of drug-likeness (QED) is 0.204. The minimum atomic E-state index is 0.169. The summed E-state index contributed by atoms with van der Waals surface area (Å²) in [5.74, 6) is 0.169. The molecule has 23 heavy (non-hydrogen) atoms. The fraction of sp³-hybridized carbons (Fsp3) is 0.667. The maximum absolute atomic E-state index is 11.9. The van der Waals surface area contributed by atoms with Crippen molar-refractivity contribution in [2.24, 2.45) is 0 Å². The fourth-order valence-electron chi connectivity index (χ4n) is 2.80. The zero-order valence-corrected chi connectivity index (χ0v) is 15.0. The third-order valence-corrected chi connectivity index (χ3v) is 4.29. The second-order valence-corrected chi connectivity index (χ2v) is 6.42. The van der Waals surface area contributed by atoms with Crippen LogP contribution in [0.15, 0.2) is 36.5 Å². The molecule has 2 heteroatoms. The van der Waals surface area contributed by atoms with Crippen LogP contribution in [-0.2, 0) is 4.79 Å². The van der Waals surface area contributed by atoms with Crippen LogP contribution in [0.3, 0.4) is 0 Å². The summed E-state index contributed by atoms with van der Waals surface area (Å²) < 4.78 is 0. The van der Waals surface area contributed by atoms with Gasteiger partial charge in [0.2, 0.25) is 5.91 Å². The average Bonchev–Trinajstić information content (AvgIpc) is 2.59. The highest BCUT2D eigenvalue weighted by Crippen LogP contribution is 2.09. The number of allylic oxidation sites excluding steroid dienone is 5. The van der Waals surface area contributed by atoms with Crippen molar-refractivity contribution in [3.8, 4) is 0 Å². The number of rotatable bonds is 11. The van der Waals surface area contributed by atoms with Gasteiger partial charge in [-0.05, 0) is 57.8 Å². The molecule has 0 bridgehead atoms. The fourth-order valence-corrected chi connectivity index (χ4v) is 2.80. The van der Waals surface area contributed by atoms with Gasteiger partial charge in [-0.15, -0.1) is 0 Å². The number of amides is 1. The number of hydrogen-bond acceptors (Lipinski definition) is 1. The van der Waals surface area contributed by atoms with E-state index in [-0.39, 0.29) is 5.91 Å². The zero-order valence-electron chi connectivity index (χ0n) is 15.0. The molecule has 1 saturated heterocycles. The van der Waals surface area contributed by atoms with E-state index in [9.17, 15) is 4.79 Å². The van der Waals surface area contributed by atoms with Gasteiger partial charge in [-0.3, -0.25) is 4.79 Å². The normalized spacial score (nSPS) is 16.1. The minimum absolute atomic E-state index is 0.169. The van der Waals surface area contributed by atoms with Gasteiger partial charge in [0.05, 0.1) is 0 Å². The first kappa shape index (κ1) is 19.7. The number of unbranched alkanes of at least 4 members (excludes halogenated alkanes) is 6. The molecular formula is C21H35NO. The Morgan fingerprint density at radius 2 is 1.43 bits per heavy atom. The van der Waals surface area contributed by atoms with Gasteiger partial charge >= 0.3 is 0 Å². The van der Waals surface area contributed by atoms with Crippen LogP contribution in [-0.4, -0.2) is 23.9 Å². The van der Waals surface area contributed by atoms with Crippen LogP contribution < -0.4 is 0 Å². The standard InChI is InChI=1S/C21H35NO/c1-2-3-4-5-6-7-8-9-10-11-12-13-15-18-21(23)22-19-16-14-17-20-22/h6-7,12-13,15,18H,2-5,8-11,14,16-17,19-20H2,1H3/b7-6+,13-12+,18-15+. The molecule has 0 aromatic heterocycles. The van der Waals surface area contributed by atoms with Crippen molar-refractivity contribution in [1.82, 2.24) is 4.90 Å². The van der Waals surface area contributed by atoms with Crippen molar-refractivity contribution < 1.29 is 4.79 Å². The number of nitrogens with zero attached hydrogens (tertiary/aromatic N) is 1. The van der Waals surface area contributed by atoms with E-state index in [0.29, 0.717) is 0 Å². The van der Waals surface area contributed by atoms with E-state index in [0.717, 1.165) is 32.4 Å². The molecule has 1 aliphatic rings. The number of carbonyl (C=O) groups is 1. The molecular weight excluding hydrogens is 282 g/mol. The molecule has 1 rings (SSSR count). The Labute approximate surface area is 143 Å². The van der Waals surface area contributed by atoms with E-state index in [1.165, 1.54) is 51.4 Å². The molecule has 0 radical (unpaired) electrons. The molecule has 0 aromatic rings. The first-order valence-corrected chi connectivity index (χ1v) is 9.61. The number of hydrogen-bond donors (Lipinski definition) is 0. The van der Waals surface area contributed by atoms with Crippen molar-refractivity contribution in [1.29, 1.82) is 0 Å². The summed E-state index contributed by atoms with van der Waals surface area (Å²) in [6.07, 6.45) is 26.0. The van der Waals surface area contributed by atoms with Gasteiger partial charge < -0.3 is 4.90 Å². The van der Waals surface area contributed by atoms with Gasteiger partial charge in [0.25, 0.3) is 0 Å². The minimum Gasteiger partial charge on any atom is -0.339 e. The summed E-state index contributed by atoms with van der Waals surface area (Å²) in [6.45, 7) is 4.10. The van der Waals surface area contributed by atoms with Gasteiger partial charge in [0.1, 0.15) is 0 Å². The molecule has 1 amide bonds. The molecule has 0 spiro atoms. The Kier molecular flexibility index (Phi) is 12.3. The summed E-state index contributed by atoms with van der Waals surface area (Å²) >= 11 is 0. The Morgan fingerprint density at radius 1 is 0.826 bits per heavy atom. The van der Waals surface area contributed by atoms with Gasteiger partial charge in [-0.2, -0.15) is 0 Å².